The van der Waals surface area contributed by atoms with Crippen LogP contribution in [0.4, 0.5) is 0 Å². The molecule has 0 unspecified atom stereocenters. The molecule has 6 nitrogen and oxygen atoms in total. The van der Waals surface area contributed by atoms with Crippen molar-refractivity contribution in [3.05, 3.63) is 0 Å². The van der Waals surface area contributed by atoms with Crippen LogP contribution < -0.4 is 5.32 Å². The lowest BCUT2D eigenvalue weighted by Crippen LogP contribution is -2.63. The molecule has 2 rings (SSSR count). The minimum absolute atomic E-state index is 0.0668. The summed E-state index contributed by atoms with van der Waals surface area (Å²) in [5, 5.41) is 11.7. The van der Waals surface area contributed by atoms with Crippen LogP contribution in [0.3, 0.4) is 0 Å². The lowest BCUT2D eigenvalue weighted by molar-refractivity contribution is -0.166. The Kier molecular flexibility index (Phi) is 4.99. The Hall–Kier alpha value is -1.14. The van der Waals surface area contributed by atoms with Crippen molar-refractivity contribution in [2.24, 2.45) is 0 Å². The highest BCUT2D eigenvalue weighted by molar-refractivity contribution is 5.78. The first kappa shape index (κ1) is 15.3. The van der Waals surface area contributed by atoms with E-state index in [1.54, 1.807) is 0 Å². The third-order valence-corrected chi connectivity index (χ3v) is 4.00. The minimum Gasteiger partial charge on any atom is -0.480 e. The van der Waals surface area contributed by atoms with E-state index in [2.05, 4.69) is 5.32 Å². The van der Waals surface area contributed by atoms with Crippen LogP contribution in [0.15, 0.2) is 0 Å². The molecule has 114 valence electrons. The number of carbonyl (C=O) groups is 2. The first-order valence-corrected chi connectivity index (χ1v) is 7.34. The minimum atomic E-state index is -0.959. The van der Waals surface area contributed by atoms with Gasteiger partial charge in [-0.25, -0.2) is 4.79 Å². The van der Waals surface area contributed by atoms with Gasteiger partial charge in [0.05, 0.1) is 12.1 Å². The largest absolute Gasteiger partial charge is 0.480 e. The molecule has 2 N–H and O–H groups in total. The van der Waals surface area contributed by atoms with E-state index >= 15 is 0 Å². The Morgan fingerprint density at radius 3 is 2.55 bits per heavy atom. The van der Waals surface area contributed by atoms with Crippen LogP contribution in [-0.2, 0) is 14.3 Å². The molecule has 0 spiro atoms. The Labute approximate surface area is 119 Å². The van der Waals surface area contributed by atoms with Crippen LogP contribution in [0.1, 0.15) is 39.0 Å². The quantitative estimate of drug-likeness (QED) is 0.747. The molecule has 2 aliphatic rings. The highest BCUT2D eigenvalue weighted by Gasteiger charge is 2.40. The predicted octanol–water partition coefficient (Wildman–Crippen LogP) is 0.611. The molecule has 2 fully saturated rings. The van der Waals surface area contributed by atoms with Crippen molar-refractivity contribution in [3.8, 4) is 0 Å². The maximum Gasteiger partial charge on any atom is 0.329 e. The van der Waals surface area contributed by atoms with Gasteiger partial charge in [-0.2, -0.15) is 0 Å². The molecule has 6 heteroatoms. The number of amides is 1. The fraction of sp³-hybridized carbons (Fsp3) is 0.857. The third kappa shape index (κ3) is 4.45. The van der Waals surface area contributed by atoms with Gasteiger partial charge in [0.2, 0.25) is 5.91 Å². The van der Waals surface area contributed by atoms with Crippen molar-refractivity contribution in [1.29, 1.82) is 0 Å². The summed E-state index contributed by atoms with van der Waals surface area (Å²) >= 11 is 0. The number of rotatable bonds is 6. The second-order valence-electron chi connectivity index (χ2n) is 6.18. The highest BCUT2D eigenvalue weighted by Crippen LogP contribution is 2.24. The lowest BCUT2D eigenvalue weighted by Gasteiger charge is -2.47. The second kappa shape index (κ2) is 6.54. The fourth-order valence-electron chi connectivity index (χ4n) is 3.06. The number of likely N-dealkylation sites (tertiary alicyclic amines) is 1. The van der Waals surface area contributed by atoms with E-state index in [4.69, 9.17) is 9.84 Å². The summed E-state index contributed by atoms with van der Waals surface area (Å²) in [6.07, 6.45) is 5.86. The maximum atomic E-state index is 11.9. The molecule has 0 bridgehead atoms. The molecule has 0 aromatic rings. The van der Waals surface area contributed by atoms with Crippen LogP contribution in [0.5, 0.6) is 0 Å². The van der Waals surface area contributed by atoms with Crippen LogP contribution in [0.25, 0.3) is 0 Å². The molecule has 0 aromatic heterocycles. The normalized spacial score (nSPS) is 23.1. The Balaban J connectivity index is 1.63. The number of carboxylic acid groups (broad SMARTS) is 1. The van der Waals surface area contributed by atoms with Gasteiger partial charge in [-0.05, 0) is 19.8 Å². The van der Waals surface area contributed by atoms with E-state index in [0.29, 0.717) is 25.7 Å². The first-order chi connectivity index (χ1) is 9.47. The molecule has 1 saturated carbocycles. The molecule has 1 aliphatic heterocycles. The highest BCUT2D eigenvalue weighted by atomic mass is 16.5. The number of aliphatic carboxylic acids is 1. The van der Waals surface area contributed by atoms with E-state index in [9.17, 15) is 9.59 Å². The second-order valence-corrected chi connectivity index (χ2v) is 6.18. The van der Waals surface area contributed by atoms with Gasteiger partial charge in [0.1, 0.15) is 6.61 Å². The summed E-state index contributed by atoms with van der Waals surface area (Å²) in [7, 11) is 0. The number of hydrogen-bond acceptors (Lipinski definition) is 4. The Bertz CT molecular complexity index is 360. The van der Waals surface area contributed by atoms with E-state index in [-0.39, 0.29) is 12.5 Å². The van der Waals surface area contributed by atoms with Crippen molar-refractivity contribution in [2.75, 3.05) is 26.2 Å². The molecular weight excluding hydrogens is 260 g/mol. The van der Waals surface area contributed by atoms with Gasteiger partial charge in [0.15, 0.2) is 0 Å². The van der Waals surface area contributed by atoms with Gasteiger partial charge in [0, 0.05) is 19.1 Å². The lowest BCUT2D eigenvalue weighted by atomic mass is 9.95. The summed E-state index contributed by atoms with van der Waals surface area (Å²) in [5.74, 6) is -0.892. The van der Waals surface area contributed by atoms with Crippen LogP contribution in [0, 0.1) is 0 Å². The molecule has 0 atom stereocenters. The SMILES string of the molecule is CC1(OCC(=O)O)CN(CC(=O)NC2CCCCC2)C1. The average Bonchev–Trinajstić information content (AvgIpc) is 2.35. The summed E-state index contributed by atoms with van der Waals surface area (Å²) in [4.78, 5) is 24.4. The van der Waals surface area contributed by atoms with E-state index in [0.717, 1.165) is 12.8 Å². The van der Waals surface area contributed by atoms with Gasteiger partial charge in [-0.1, -0.05) is 19.3 Å². The zero-order valence-electron chi connectivity index (χ0n) is 12.1. The van der Waals surface area contributed by atoms with Crippen molar-refractivity contribution in [3.63, 3.8) is 0 Å². The smallest absolute Gasteiger partial charge is 0.329 e. The van der Waals surface area contributed by atoms with Gasteiger partial charge >= 0.3 is 5.97 Å². The van der Waals surface area contributed by atoms with Crippen molar-refractivity contribution in [1.82, 2.24) is 10.2 Å². The maximum absolute atomic E-state index is 11.9. The standard InChI is InChI=1S/C14H24N2O4/c1-14(20-8-13(18)19)9-16(10-14)7-12(17)15-11-5-3-2-4-6-11/h11H,2-10H2,1H3,(H,15,17)(H,18,19). The van der Waals surface area contributed by atoms with Crippen molar-refractivity contribution in [2.45, 2.75) is 50.7 Å². The third-order valence-electron chi connectivity index (χ3n) is 4.00. The zero-order valence-corrected chi connectivity index (χ0v) is 12.1. The fourth-order valence-corrected chi connectivity index (χ4v) is 3.06. The van der Waals surface area contributed by atoms with E-state index in [1.807, 2.05) is 11.8 Å². The molecule has 0 radical (unpaired) electrons. The number of nitrogens with one attached hydrogen (secondary N) is 1. The summed E-state index contributed by atoms with van der Waals surface area (Å²) < 4.78 is 5.32. The first-order valence-electron chi connectivity index (χ1n) is 7.34. The topological polar surface area (TPSA) is 78.9 Å². The number of nitrogens with zero attached hydrogens (tertiary/aromatic N) is 1. The number of carboxylic acids is 1. The molecule has 20 heavy (non-hydrogen) atoms. The molecule has 1 aliphatic carbocycles. The molecule has 1 amide bonds. The van der Waals surface area contributed by atoms with E-state index in [1.165, 1.54) is 19.3 Å². The van der Waals surface area contributed by atoms with Crippen LogP contribution in [0.2, 0.25) is 0 Å². The molecule has 0 aromatic carbocycles. The number of hydrogen-bond donors (Lipinski definition) is 2. The monoisotopic (exact) mass is 284 g/mol. The summed E-state index contributed by atoms with van der Waals surface area (Å²) in [6.45, 7) is 3.20. The zero-order chi connectivity index (χ0) is 14.6. The van der Waals surface area contributed by atoms with Crippen LogP contribution >= 0.6 is 0 Å². The number of carbonyl (C=O) groups excluding carboxylic acids is 1. The summed E-state index contributed by atoms with van der Waals surface area (Å²) in [6, 6.07) is 0.340. The number of ether oxygens (including phenoxy) is 1. The van der Waals surface area contributed by atoms with Gasteiger partial charge in [-0.3, -0.25) is 9.69 Å². The predicted molar refractivity (Wildman–Crippen MR) is 73.4 cm³/mol. The van der Waals surface area contributed by atoms with Crippen molar-refractivity contribution >= 4 is 11.9 Å². The van der Waals surface area contributed by atoms with Gasteiger partial charge < -0.3 is 15.2 Å². The van der Waals surface area contributed by atoms with E-state index < -0.39 is 11.6 Å². The Morgan fingerprint density at radius 2 is 1.95 bits per heavy atom. The molecule has 1 heterocycles. The summed E-state index contributed by atoms with van der Waals surface area (Å²) in [5.41, 5.74) is -0.427. The van der Waals surface area contributed by atoms with Crippen LogP contribution in [-0.4, -0.2) is 59.8 Å². The molecular formula is C14H24N2O4. The van der Waals surface area contributed by atoms with Gasteiger partial charge in [0.25, 0.3) is 0 Å². The van der Waals surface area contributed by atoms with Gasteiger partial charge in [-0.15, -0.1) is 0 Å². The van der Waals surface area contributed by atoms with Crippen molar-refractivity contribution < 1.29 is 19.4 Å². The molecule has 1 saturated heterocycles. The Morgan fingerprint density at radius 1 is 1.30 bits per heavy atom. The average molecular weight is 284 g/mol.